The Morgan fingerprint density at radius 3 is 2.15 bits per heavy atom. The second-order valence-electron chi connectivity index (χ2n) is 12.6. The molecule has 1 aromatic heterocycles. The van der Waals surface area contributed by atoms with Gasteiger partial charge in [-0.05, 0) is 68.2 Å². The van der Waals surface area contributed by atoms with Gasteiger partial charge in [0.15, 0.2) is 14.4 Å². The molecule has 0 fully saturated rings. The first kappa shape index (κ1) is 35.6. The molecule has 6 rings (SSSR count). The predicted molar refractivity (Wildman–Crippen MR) is 182 cm³/mol. The number of thioether (sulfide) groups is 2. The van der Waals surface area contributed by atoms with Gasteiger partial charge in [0, 0.05) is 46.5 Å². The van der Waals surface area contributed by atoms with Crippen molar-refractivity contribution in [3.63, 3.8) is 0 Å². The lowest BCUT2D eigenvalue weighted by Crippen LogP contribution is -2.68. The van der Waals surface area contributed by atoms with Crippen LogP contribution in [-0.2, 0) is 10.8 Å². The molecule has 47 heavy (non-hydrogen) atoms. The lowest BCUT2D eigenvalue weighted by Gasteiger charge is -2.25. The SMILES string of the molecule is CSc1nnc(SC2=C(C=CC3=[N+](C)c4ccccc4C3(C)C)CCCC2=CC=C2N(C)c3ccccc3C2(C)C)s1.[O-][Cl+3]([O-])([O-])[O-]. The molecule has 0 saturated heterocycles. The predicted octanol–water partition coefficient (Wildman–Crippen LogP) is 4.53. The van der Waals surface area contributed by atoms with Crippen LogP contribution >= 0.6 is 34.9 Å². The third-order valence-electron chi connectivity index (χ3n) is 8.99. The summed E-state index contributed by atoms with van der Waals surface area (Å²) in [6.07, 6.45) is 14.8. The number of halogens is 1. The highest BCUT2D eigenvalue weighted by molar-refractivity contribution is 8.05. The molecular weight excluding hydrogens is 672 g/mol. The van der Waals surface area contributed by atoms with Crippen LogP contribution in [0, 0.1) is 10.2 Å². The Hall–Kier alpha value is -2.74. The lowest BCUT2D eigenvalue weighted by atomic mass is 9.81. The van der Waals surface area contributed by atoms with Gasteiger partial charge in [0.1, 0.15) is 7.05 Å². The molecule has 248 valence electrons. The molecule has 2 aromatic carbocycles. The quantitative estimate of drug-likeness (QED) is 0.268. The average Bonchev–Trinajstić information content (AvgIpc) is 3.61. The van der Waals surface area contributed by atoms with Crippen LogP contribution in [0.25, 0.3) is 0 Å². The Labute approximate surface area is 291 Å². The highest BCUT2D eigenvalue weighted by Crippen LogP contribution is 2.48. The second kappa shape index (κ2) is 14.0. The largest absolute Gasteiger partial charge is 0.347 e. The van der Waals surface area contributed by atoms with E-state index in [0.29, 0.717) is 0 Å². The number of nitrogens with zero attached hydrogens (tertiary/aromatic N) is 4. The van der Waals surface area contributed by atoms with Crippen LogP contribution in [0.4, 0.5) is 11.4 Å². The van der Waals surface area contributed by atoms with Crippen molar-refractivity contribution in [2.24, 2.45) is 0 Å². The number of likely N-dealkylation sites (N-methyl/N-ethyl adjacent to an activating group) is 1. The molecule has 12 heteroatoms. The van der Waals surface area contributed by atoms with Crippen LogP contribution in [0.5, 0.6) is 0 Å². The van der Waals surface area contributed by atoms with Gasteiger partial charge >= 0.3 is 0 Å². The minimum absolute atomic E-state index is 0.0480. The van der Waals surface area contributed by atoms with E-state index in [1.807, 2.05) is 0 Å². The number of hydrogen-bond donors (Lipinski definition) is 0. The van der Waals surface area contributed by atoms with Crippen molar-refractivity contribution >= 4 is 51.9 Å². The summed E-state index contributed by atoms with van der Waals surface area (Å²) in [6, 6.07) is 17.6. The summed E-state index contributed by atoms with van der Waals surface area (Å²) < 4.78 is 38.3. The maximum atomic E-state index is 8.49. The van der Waals surface area contributed by atoms with E-state index in [1.54, 1.807) is 34.9 Å². The monoisotopic (exact) mass is 710 g/mol. The highest BCUT2D eigenvalue weighted by Gasteiger charge is 2.42. The van der Waals surface area contributed by atoms with E-state index in [4.69, 9.17) is 18.6 Å². The van der Waals surface area contributed by atoms with Crippen LogP contribution in [0.2, 0.25) is 0 Å². The summed E-state index contributed by atoms with van der Waals surface area (Å²) in [5, 5.41) is 8.93. The first-order chi connectivity index (χ1) is 22.1. The van der Waals surface area contributed by atoms with Gasteiger partial charge in [0.05, 0.1) is 5.41 Å². The molecule has 8 nitrogen and oxygen atoms in total. The van der Waals surface area contributed by atoms with Crippen LogP contribution in [0.3, 0.4) is 0 Å². The number of hydrogen-bond acceptors (Lipinski definition) is 10. The van der Waals surface area contributed by atoms with Crippen molar-refractivity contribution in [2.75, 3.05) is 25.3 Å². The van der Waals surface area contributed by atoms with E-state index in [9.17, 15) is 0 Å². The number of para-hydroxylation sites is 2. The van der Waals surface area contributed by atoms with Crippen molar-refractivity contribution in [1.29, 1.82) is 0 Å². The smallest absolute Gasteiger partial charge is 0.209 e. The first-order valence-electron chi connectivity index (χ1n) is 15.2. The van der Waals surface area contributed by atoms with Gasteiger partial charge in [-0.25, -0.2) is 18.6 Å². The molecule has 0 amide bonds. The minimum Gasteiger partial charge on any atom is -0.347 e. The van der Waals surface area contributed by atoms with Crippen LogP contribution in [0.15, 0.2) is 103 Å². The standard InChI is InChI=1S/C35H39N4S3.ClHO4/c1-34(2)25-15-8-10-17-27(25)38(5)29(34)21-19-23-13-12-14-24(31(23)41-33-37-36-32(40-7)42-33)20-22-30-35(3,4)26-16-9-11-18-28(26)39(30)6;2-1(3,4)5/h8-11,15-22H,12-14H2,1-7H3;(H,2,3,4,5)/q+1;/p-1. The molecule has 1 aliphatic carbocycles. The maximum Gasteiger partial charge on any atom is 0.209 e. The Balaban J connectivity index is 0.000000807. The zero-order valence-corrected chi connectivity index (χ0v) is 30.8. The van der Waals surface area contributed by atoms with E-state index in [0.717, 1.165) is 27.9 Å². The molecule has 0 unspecified atom stereocenters. The molecule has 3 aliphatic rings. The van der Waals surface area contributed by atoms with Crippen LogP contribution < -0.4 is 23.5 Å². The molecular formula is C35H39ClN4O4S3. The number of anilines is 1. The highest BCUT2D eigenvalue weighted by atomic mass is 35.7. The summed E-state index contributed by atoms with van der Waals surface area (Å²) in [7, 11) is -0.558. The fraction of sp³-hybridized carbons (Fsp3) is 0.343. The molecule has 0 N–H and O–H groups in total. The number of rotatable bonds is 6. The molecule has 3 heterocycles. The van der Waals surface area contributed by atoms with Gasteiger partial charge in [0.25, 0.3) is 0 Å². The zero-order valence-electron chi connectivity index (χ0n) is 27.6. The van der Waals surface area contributed by atoms with Gasteiger partial charge < -0.3 is 4.90 Å². The Morgan fingerprint density at radius 2 is 1.51 bits per heavy atom. The molecule has 3 aromatic rings. The van der Waals surface area contributed by atoms with Gasteiger partial charge in [-0.1, -0.05) is 97.3 Å². The van der Waals surface area contributed by atoms with Crippen molar-refractivity contribution < 1.29 is 33.5 Å². The number of benzene rings is 2. The van der Waals surface area contributed by atoms with Crippen LogP contribution in [-0.4, -0.2) is 40.8 Å². The van der Waals surface area contributed by atoms with Crippen molar-refractivity contribution in [3.05, 3.63) is 106 Å². The van der Waals surface area contributed by atoms with Crippen molar-refractivity contribution in [2.45, 2.75) is 66.5 Å². The Kier molecular flexibility index (Phi) is 10.6. The van der Waals surface area contributed by atoms with E-state index in [2.05, 4.69) is 141 Å². The van der Waals surface area contributed by atoms with E-state index < -0.39 is 10.2 Å². The third kappa shape index (κ3) is 7.63. The fourth-order valence-electron chi connectivity index (χ4n) is 6.72. The summed E-state index contributed by atoms with van der Waals surface area (Å²) in [6.45, 7) is 9.34. The summed E-state index contributed by atoms with van der Waals surface area (Å²) >= 11 is 5.12. The lowest BCUT2D eigenvalue weighted by molar-refractivity contribution is -2.00. The first-order valence-corrected chi connectivity index (χ1v) is 19.3. The van der Waals surface area contributed by atoms with E-state index >= 15 is 0 Å². The summed E-state index contributed by atoms with van der Waals surface area (Å²) in [5.74, 6) is 0. The molecule has 0 radical (unpaired) electrons. The summed E-state index contributed by atoms with van der Waals surface area (Å²) in [5.41, 5.74) is 10.7. The fourth-order valence-corrected chi connectivity index (χ4v) is 9.40. The number of fused-ring (bicyclic) bond motifs is 2. The Morgan fingerprint density at radius 1 is 0.872 bits per heavy atom. The summed E-state index contributed by atoms with van der Waals surface area (Å²) in [4.78, 5) is 3.68. The molecule has 0 bridgehead atoms. The van der Waals surface area contributed by atoms with Gasteiger partial charge in [-0.2, -0.15) is 4.58 Å². The number of aromatic nitrogens is 2. The number of allylic oxidation sites excluding steroid dienone is 7. The van der Waals surface area contributed by atoms with E-state index in [1.165, 1.54) is 50.0 Å². The third-order valence-corrected chi connectivity index (χ3v) is 12.2. The van der Waals surface area contributed by atoms with Crippen LogP contribution in [0.1, 0.15) is 58.1 Å². The molecule has 2 aliphatic heterocycles. The van der Waals surface area contributed by atoms with Crippen molar-refractivity contribution in [3.8, 4) is 0 Å². The topological polar surface area (TPSA) is 124 Å². The molecule has 0 atom stereocenters. The average molecular weight is 711 g/mol. The molecule has 0 spiro atoms. The normalized spacial score (nSPS) is 20.3. The van der Waals surface area contributed by atoms with Gasteiger partial charge in [-0.15, -0.1) is 20.4 Å². The molecule has 0 saturated carbocycles. The van der Waals surface area contributed by atoms with Gasteiger partial charge in [0.2, 0.25) is 5.69 Å². The second-order valence-corrected chi connectivity index (χ2v) is 16.6. The Bertz CT molecular complexity index is 1810. The minimum atomic E-state index is -4.94. The maximum absolute atomic E-state index is 8.49. The van der Waals surface area contributed by atoms with Crippen molar-refractivity contribution in [1.82, 2.24) is 10.2 Å². The zero-order chi connectivity index (χ0) is 34.1. The van der Waals surface area contributed by atoms with E-state index in [-0.39, 0.29) is 10.8 Å². The van der Waals surface area contributed by atoms with Gasteiger partial charge in [-0.3, -0.25) is 0 Å².